The van der Waals surface area contributed by atoms with Gasteiger partial charge in [-0.3, -0.25) is 14.5 Å². The molecule has 41 heavy (non-hydrogen) atoms. The number of alkyl halides is 3. The van der Waals surface area contributed by atoms with E-state index in [1.807, 2.05) is 48.5 Å². The summed E-state index contributed by atoms with van der Waals surface area (Å²) in [7, 11) is 0. The van der Waals surface area contributed by atoms with Crippen molar-refractivity contribution in [3.05, 3.63) is 75.2 Å². The molecule has 0 saturated carbocycles. The van der Waals surface area contributed by atoms with Gasteiger partial charge in [-0.1, -0.05) is 62.7 Å². The zero-order valence-electron chi connectivity index (χ0n) is 23.2. The van der Waals surface area contributed by atoms with Crippen LogP contribution in [-0.2, 0) is 22.6 Å². The van der Waals surface area contributed by atoms with Crippen LogP contribution in [0, 0.1) is 5.41 Å². The molecule has 1 aliphatic heterocycles. The predicted molar refractivity (Wildman–Crippen MR) is 151 cm³/mol. The van der Waals surface area contributed by atoms with Crippen LogP contribution >= 0.6 is 11.6 Å². The minimum Gasteiger partial charge on any atom is -0.475 e. The van der Waals surface area contributed by atoms with Gasteiger partial charge in [0.2, 0.25) is 5.91 Å². The number of carbonyl (C=O) groups is 2. The smallest absolute Gasteiger partial charge is 0.475 e. The molecule has 0 bridgehead atoms. The first-order valence-corrected chi connectivity index (χ1v) is 13.6. The fourth-order valence-corrected chi connectivity index (χ4v) is 4.59. The van der Waals surface area contributed by atoms with Crippen LogP contribution in [0.2, 0.25) is 5.02 Å². The van der Waals surface area contributed by atoms with E-state index in [1.54, 1.807) is 4.68 Å². The molecule has 1 saturated heterocycles. The van der Waals surface area contributed by atoms with Gasteiger partial charge < -0.3 is 10.4 Å². The number of nitrogens with one attached hydrogen (secondary N) is 1. The lowest BCUT2D eigenvalue weighted by molar-refractivity contribution is -0.192. The normalized spacial score (nSPS) is 15.8. The van der Waals surface area contributed by atoms with E-state index in [0.29, 0.717) is 36.5 Å². The molecule has 2 aromatic carbocycles. The highest BCUT2D eigenvalue weighted by atomic mass is 35.5. The van der Waals surface area contributed by atoms with Gasteiger partial charge in [0.1, 0.15) is 0 Å². The maximum atomic E-state index is 13.3. The summed E-state index contributed by atoms with van der Waals surface area (Å²) >= 11 is 6.05. The Morgan fingerprint density at radius 3 is 2.27 bits per heavy atom. The molecule has 1 aliphatic rings. The molecule has 1 fully saturated rings. The number of hydrogen-bond acceptors (Lipinski definition) is 5. The van der Waals surface area contributed by atoms with Crippen molar-refractivity contribution in [1.82, 2.24) is 20.0 Å². The Morgan fingerprint density at radius 1 is 1.07 bits per heavy atom. The second-order valence-corrected chi connectivity index (χ2v) is 11.6. The van der Waals surface area contributed by atoms with Crippen LogP contribution in [0.3, 0.4) is 0 Å². The largest absolute Gasteiger partial charge is 0.490 e. The average molecular weight is 595 g/mol. The fourth-order valence-electron chi connectivity index (χ4n) is 4.47. The molecule has 3 aromatic rings. The van der Waals surface area contributed by atoms with Crippen LogP contribution in [0.5, 0.6) is 0 Å². The Labute approximate surface area is 241 Å². The van der Waals surface area contributed by atoms with Crippen molar-refractivity contribution in [2.75, 3.05) is 19.6 Å². The second kappa shape index (κ2) is 13.5. The molecule has 2 N–H and O–H groups in total. The Kier molecular flexibility index (Phi) is 10.5. The summed E-state index contributed by atoms with van der Waals surface area (Å²) in [5, 5.41) is 17.2. The Balaban J connectivity index is 0.000000587. The standard InChI is InChI=1S/C27H33ClN4O2.C2HF3O2/c1-27(2,3)18-29-25(33)17-31-14-6-7-21(31)16-32-26(34)23-9-5-4-8-22(23)24(30-32)15-19-10-12-20(28)13-11-19;3-2(4,5)1(6)7/h4-5,8-13,21H,6-7,14-18H2,1-3H3,(H,29,33);(H,6,7)/t21-;/m1./s1. The van der Waals surface area contributed by atoms with Gasteiger partial charge in [0.05, 0.1) is 24.2 Å². The maximum Gasteiger partial charge on any atom is 0.490 e. The lowest BCUT2D eigenvalue weighted by Gasteiger charge is -2.25. The van der Waals surface area contributed by atoms with Crippen molar-refractivity contribution < 1.29 is 27.9 Å². The van der Waals surface area contributed by atoms with Gasteiger partial charge in [-0.2, -0.15) is 18.3 Å². The summed E-state index contributed by atoms with van der Waals surface area (Å²) < 4.78 is 33.3. The van der Waals surface area contributed by atoms with Crippen LogP contribution in [0.4, 0.5) is 13.2 Å². The molecule has 1 aromatic heterocycles. The van der Waals surface area contributed by atoms with Crippen molar-refractivity contribution in [1.29, 1.82) is 0 Å². The number of fused-ring (bicyclic) bond motifs is 1. The van der Waals surface area contributed by atoms with Crippen LogP contribution < -0.4 is 10.9 Å². The van der Waals surface area contributed by atoms with E-state index in [0.717, 1.165) is 36.0 Å². The number of benzene rings is 2. The maximum absolute atomic E-state index is 13.3. The van der Waals surface area contributed by atoms with Crippen molar-refractivity contribution >= 4 is 34.2 Å². The summed E-state index contributed by atoms with van der Waals surface area (Å²) in [5.74, 6) is -2.73. The first kappa shape index (κ1) is 32.1. The molecule has 1 atom stereocenters. The number of aliphatic carboxylic acids is 1. The van der Waals surface area contributed by atoms with Crippen LogP contribution in [0.25, 0.3) is 10.8 Å². The molecule has 8 nitrogen and oxygen atoms in total. The molecule has 1 amide bonds. The molecule has 0 unspecified atom stereocenters. The molecule has 0 radical (unpaired) electrons. The number of carboxylic acids is 1. The van der Waals surface area contributed by atoms with Gasteiger partial charge in [0.25, 0.3) is 5.56 Å². The van der Waals surface area contributed by atoms with Crippen LogP contribution in [-0.4, -0.2) is 63.5 Å². The number of amides is 1. The van der Waals surface area contributed by atoms with E-state index in [1.165, 1.54) is 0 Å². The molecule has 222 valence electrons. The lowest BCUT2D eigenvalue weighted by atomic mass is 9.97. The summed E-state index contributed by atoms with van der Waals surface area (Å²) in [4.78, 5) is 36.9. The molecule has 4 rings (SSSR count). The molecule has 2 heterocycles. The number of carbonyl (C=O) groups excluding carboxylic acids is 1. The summed E-state index contributed by atoms with van der Waals surface area (Å²) in [6.07, 6.45) is -2.52. The van der Waals surface area contributed by atoms with Crippen molar-refractivity contribution in [2.24, 2.45) is 5.41 Å². The highest BCUT2D eigenvalue weighted by Crippen LogP contribution is 2.21. The van der Waals surface area contributed by atoms with Gasteiger partial charge in [0, 0.05) is 29.4 Å². The second-order valence-electron chi connectivity index (χ2n) is 11.2. The van der Waals surface area contributed by atoms with E-state index >= 15 is 0 Å². The molecule has 0 aliphatic carbocycles. The van der Waals surface area contributed by atoms with Gasteiger partial charge in [-0.05, 0) is 48.6 Å². The van der Waals surface area contributed by atoms with E-state index in [-0.39, 0.29) is 22.9 Å². The van der Waals surface area contributed by atoms with E-state index in [9.17, 15) is 22.8 Å². The number of likely N-dealkylation sites (tertiary alicyclic amines) is 1. The minimum atomic E-state index is -5.08. The zero-order chi connectivity index (χ0) is 30.4. The minimum absolute atomic E-state index is 0.0315. The third-order valence-corrected chi connectivity index (χ3v) is 6.77. The van der Waals surface area contributed by atoms with Crippen molar-refractivity contribution in [3.8, 4) is 0 Å². The Hall–Kier alpha value is -3.44. The highest BCUT2D eigenvalue weighted by molar-refractivity contribution is 6.30. The lowest BCUT2D eigenvalue weighted by Crippen LogP contribution is -2.44. The highest BCUT2D eigenvalue weighted by Gasteiger charge is 2.38. The quantitative estimate of drug-likeness (QED) is 0.403. The van der Waals surface area contributed by atoms with Gasteiger partial charge in [-0.15, -0.1) is 0 Å². The summed E-state index contributed by atoms with van der Waals surface area (Å²) in [6, 6.07) is 15.5. The van der Waals surface area contributed by atoms with Crippen LogP contribution in [0.15, 0.2) is 53.3 Å². The number of hydrogen-bond donors (Lipinski definition) is 2. The summed E-state index contributed by atoms with van der Waals surface area (Å²) in [5.41, 5.74) is 1.91. The van der Waals surface area contributed by atoms with Crippen LogP contribution in [0.1, 0.15) is 44.9 Å². The van der Waals surface area contributed by atoms with E-state index in [4.69, 9.17) is 26.6 Å². The third-order valence-electron chi connectivity index (χ3n) is 6.52. The summed E-state index contributed by atoms with van der Waals surface area (Å²) in [6.45, 7) is 8.63. The third kappa shape index (κ3) is 9.57. The first-order chi connectivity index (χ1) is 19.1. The van der Waals surface area contributed by atoms with E-state index in [2.05, 4.69) is 31.0 Å². The topological polar surface area (TPSA) is 105 Å². The van der Waals surface area contributed by atoms with Gasteiger partial charge in [-0.25, -0.2) is 9.48 Å². The molecular weight excluding hydrogens is 561 g/mol. The van der Waals surface area contributed by atoms with Gasteiger partial charge >= 0.3 is 12.1 Å². The van der Waals surface area contributed by atoms with Crippen molar-refractivity contribution in [3.63, 3.8) is 0 Å². The van der Waals surface area contributed by atoms with Crippen molar-refractivity contribution in [2.45, 2.75) is 58.8 Å². The fraction of sp³-hybridized carbons (Fsp3) is 0.448. The van der Waals surface area contributed by atoms with Gasteiger partial charge in [0.15, 0.2) is 0 Å². The SMILES string of the molecule is CC(C)(C)CNC(=O)CN1CCC[C@@H]1Cn1nc(Cc2ccc(Cl)cc2)c2ccccc2c1=O.O=C(O)C(F)(F)F. The number of nitrogens with zero attached hydrogens (tertiary/aromatic N) is 3. The zero-order valence-corrected chi connectivity index (χ0v) is 23.9. The average Bonchev–Trinajstić information content (AvgIpc) is 3.32. The monoisotopic (exact) mass is 594 g/mol. The molecule has 12 heteroatoms. The first-order valence-electron chi connectivity index (χ1n) is 13.2. The molecular formula is C29H34ClF3N4O4. The molecule has 0 spiro atoms. The Morgan fingerprint density at radius 2 is 1.68 bits per heavy atom. The predicted octanol–water partition coefficient (Wildman–Crippen LogP) is 4.90. The number of carboxylic acid groups (broad SMARTS) is 1. The Bertz CT molecular complexity index is 1420. The number of rotatable bonds is 7. The van der Waals surface area contributed by atoms with E-state index < -0.39 is 12.1 Å². The number of aromatic nitrogens is 2. The number of halogens is 4.